The fourth-order valence-electron chi connectivity index (χ4n) is 2.55. The predicted molar refractivity (Wildman–Crippen MR) is 97.6 cm³/mol. The third-order valence-corrected chi connectivity index (χ3v) is 6.91. The molecule has 5 N–H and O–H groups in total. The van der Waals surface area contributed by atoms with Crippen LogP contribution in [0.25, 0.3) is 0 Å². The van der Waals surface area contributed by atoms with Gasteiger partial charge < -0.3 is 10.1 Å². The van der Waals surface area contributed by atoms with Gasteiger partial charge in [-0.1, -0.05) is 0 Å². The van der Waals surface area contributed by atoms with E-state index in [-0.39, 0.29) is 31.7 Å². The van der Waals surface area contributed by atoms with Crippen LogP contribution in [0.4, 0.5) is 10.5 Å². The highest BCUT2D eigenvalue weighted by Gasteiger charge is 2.40. The van der Waals surface area contributed by atoms with Gasteiger partial charge in [0.05, 0.1) is 4.92 Å². The minimum Gasteiger partial charge on any atom is -0.445 e. The Morgan fingerprint density at radius 3 is 2.59 bits per heavy atom. The highest BCUT2D eigenvalue weighted by molar-refractivity contribution is 7.90. The molecule has 2 rings (SSSR count). The average molecular weight is 451 g/mol. The molecule has 29 heavy (non-hydrogen) atoms. The number of hydrogen-bond donors (Lipinski definition) is 4. The molecule has 0 spiro atoms. The summed E-state index contributed by atoms with van der Waals surface area (Å²) in [5.41, 5.74) is 5.68. The highest BCUT2D eigenvalue weighted by Crippen LogP contribution is 2.40. The van der Waals surface area contributed by atoms with E-state index < -0.39 is 40.9 Å². The molecule has 0 aromatic heterocycles. The SMILES string of the molecule is NP(=O)(NS(=O)(=O)O)N1CCC[C@@H](NC(=O)OCc2ccc([N+](=O)[O-])cc2)C1=O. The summed E-state index contributed by atoms with van der Waals surface area (Å²) in [6.07, 6.45) is -0.584. The van der Waals surface area contributed by atoms with Crippen molar-refractivity contribution in [2.75, 3.05) is 6.54 Å². The van der Waals surface area contributed by atoms with Crippen LogP contribution in [0.5, 0.6) is 0 Å². The van der Waals surface area contributed by atoms with Gasteiger partial charge in [-0.3, -0.25) is 34.2 Å². The van der Waals surface area contributed by atoms with Gasteiger partial charge in [-0.25, -0.2) is 4.79 Å². The van der Waals surface area contributed by atoms with E-state index in [0.717, 1.165) is 0 Å². The number of nitro groups is 1. The van der Waals surface area contributed by atoms with Crippen LogP contribution in [0.1, 0.15) is 18.4 Å². The van der Waals surface area contributed by atoms with Gasteiger partial charge in [-0.2, -0.15) is 8.42 Å². The van der Waals surface area contributed by atoms with Crippen LogP contribution in [-0.4, -0.2) is 47.2 Å². The lowest BCUT2D eigenvalue weighted by Gasteiger charge is -2.35. The maximum atomic E-state index is 12.4. The van der Waals surface area contributed by atoms with Crippen molar-refractivity contribution in [2.24, 2.45) is 5.50 Å². The molecule has 2 atom stereocenters. The maximum Gasteiger partial charge on any atom is 0.408 e. The van der Waals surface area contributed by atoms with Crippen molar-refractivity contribution in [2.45, 2.75) is 25.5 Å². The fraction of sp³-hybridized carbons (Fsp3) is 0.385. The van der Waals surface area contributed by atoms with Gasteiger partial charge in [0.1, 0.15) is 12.6 Å². The maximum absolute atomic E-state index is 12.4. The second-order valence-electron chi connectivity index (χ2n) is 5.99. The first-order valence-electron chi connectivity index (χ1n) is 8.02. The monoisotopic (exact) mass is 451 g/mol. The first kappa shape index (κ1) is 22.7. The number of benzene rings is 1. The molecule has 0 aliphatic carbocycles. The Balaban J connectivity index is 1.94. The molecule has 2 amide bonds. The molecule has 0 radical (unpaired) electrons. The molecule has 16 heteroatoms. The van der Waals surface area contributed by atoms with Crippen molar-refractivity contribution in [3.05, 3.63) is 39.9 Å². The third kappa shape index (κ3) is 6.47. The lowest BCUT2D eigenvalue weighted by Crippen LogP contribution is -2.53. The normalized spacial score (nSPS) is 19.3. The standard InChI is InChI=1S/C13H18N5O9PS/c14-28(23,16-29(24,25)26)17-7-1-2-11(12(17)19)15-13(20)27-8-9-3-5-10(6-4-9)18(21)22/h3-6,11H,1-2,7-8H2,(H,15,20)(H3,14,16,23)(H,24,25,26)/t11-,28?/m1/s1. The number of piperidine rings is 1. The van der Waals surface area contributed by atoms with Gasteiger partial charge in [-0.15, -0.1) is 4.49 Å². The van der Waals surface area contributed by atoms with Crippen LogP contribution in [0.15, 0.2) is 24.3 Å². The zero-order chi connectivity index (χ0) is 21.8. The van der Waals surface area contributed by atoms with E-state index in [1.807, 2.05) is 0 Å². The van der Waals surface area contributed by atoms with E-state index in [1.165, 1.54) is 28.8 Å². The number of nitrogens with zero attached hydrogens (tertiary/aromatic N) is 2. The molecular formula is C13H18N5O9PS. The Kier molecular flexibility index (Phi) is 6.92. The van der Waals surface area contributed by atoms with Crippen molar-refractivity contribution in [3.8, 4) is 0 Å². The van der Waals surface area contributed by atoms with E-state index >= 15 is 0 Å². The van der Waals surface area contributed by atoms with Gasteiger partial charge in [0, 0.05) is 18.7 Å². The number of carbonyl (C=O) groups is 2. The second kappa shape index (κ2) is 8.84. The third-order valence-electron chi connectivity index (χ3n) is 3.83. The number of alkyl carbamates (subject to hydrolysis) is 1. The van der Waals surface area contributed by atoms with Crippen molar-refractivity contribution < 1.29 is 36.8 Å². The summed E-state index contributed by atoms with van der Waals surface area (Å²) in [6.45, 7) is -0.376. The zero-order valence-electron chi connectivity index (χ0n) is 14.8. The number of non-ortho nitro benzene ring substituents is 1. The lowest BCUT2D eigenvalue weighted by atomic mass is 10.1. The second-order valence-corrected chi connectivity index (χ2v) is 9.40. The molecule has 1 aromatic carbocycles. The Morgan fingerprint density at radius 2 is 2.03 bits per heavy atom. The van der Waals surface area contributed by atoms with Gasteiger partial charge in [-0.05, 0) is 30.5 Å². The zero-order valence-corrected chi connectivity index (χ0v) is 16.5. The number of hydrogen-bond acceptors (Lipinski definition) is 8. The average Bonchev–Trinajstić information content (AvgIpc) is 2.60. The molecule has 1 aliphatic heterocycles. The molecule has 14 nitrogen and oxygen atoms in total. The van der Waals surface area contributed by atoms with Crippen molar-refractivity contribution >= 4 is 35.6 Å². The number of ether oxygens (including phenoxy) is 1. The lowest BCUT2D eigenvalue weighted by molar-refractivity contribution is -0.384. The Morgan fingerprint density at radius 1 is 1.41 bits per heavy atom. The molecular weight excluding hydrogens is 433 g/mol. The number of rotatable bonds is 7. The van der Waals surface area contributed by atoms with Crippen LogP contribution in [0, 0.1) is 10.1 Å². The van der Waals surface area contributed by atoms with Gasteiger partial charge in [0.2, 0.25) is 0 Å². The van der Waals surface area contributed by atoms with E-state index in [0.29, 0.717) is 10.2 Å². The van der Waals surface area contributed by atoms with E-state index in [9.17, 15) is 32.7 Å². The van der Waals surface area contributed by atoms with Crippen molar-refractivity contribution in [1.82, 2.24) is 14.5 Å². The minimum absolute atomic E-state index is 0.129. The minimum atomic E-state index is -4.93. The molecule has 160 valence electrons. The number of nitro benzene ring substituents is 1. The summed E-state index contributed by atoms with van der Waals surface area (Å²) >= 11 is 0. The summed E-state index contributed by atoms with van der Waals surface area (Å²) in [7, 11) is -9.38. The topological polar surface area (TPSA) is 211 Å². The van der Waals surface area contributed by atoms with Crippen LogP contribution in [-0.2, 0) is 31.0 Å². The van der Waals surface area contributed by atoms with Crippen molar-refractivity contribution in [1.29, 1.82) is 0 Å². The van der Waals surface area contributed by atoms with Crippen LogP contribution >= 0.6 is 7.59 Å². The number of amides is 2. The van der Waals surface area contributed by atoms with Crippen LogP contribution in [0.2, 0.25) is 0 Å². The molecule has 1 heterocycles. The summed E-state index contributed by atoms with van der Waals surface area (Å²) in [5.74, 6) is -0.912. The summed E-state index contributed by atoms with van der Waals surface area (Å²) in [5, 5.41) is 12.9. The highest BCUT2D eigenvalue weighted by atomic mass is 32.2. The summed E-state index contributed by atoms with van der Waals surface area (Å²) < 4.78 is 49.5. The molecule has 1 aromatic rings. The Hall–Kier alpha value is -2.58. The van der Waals surface area contributed by atoms with E-state index in [2.05, 4.69) is 5.32 Å². The van der Waals surface area contributed by atoms with Crippen LogP contribution < -0.4 is 15.3 Å². The van der Waals surface area contributed by atoms with Gasteiger partial charge in [0.25, 0.3) is 11.6 Å². The number of nitrogens with two attached hydrogens (primary N) is 1. The Labute approximate surface area is 164 Å². The van der Waals surface area contributed by atoms with E-state index in [4.69, 9.17) is 14.8 Å². The molecule has 1 aliphatic rings. The molecule has 0 bridgehead atoms. The number of nitrogens with one attached hydrogen (secondary N) is 2. The molecule has 0 saturated carbocycles. The Bertz CT molecular complexity index is 952. The first-order chi connectivity index (χ1) is 13.4. The summed E-state index contributed by atoms with van der Waals surface area (Å²) in [6, 6.07) is 4.09. The van der Waals surface area contributed by atoms with Crippen LogP contribution in [0.3, 0.4) is 0 Å². The molecule has 1 saturated heterocycles. The number of carbonyl (C=O) groups excluding carboxylic acids is 2. The fourth-order valence-corrected chi connectivity index (χ4v) is 5.14. The predicted octanol–water partition coefficient (Wildman–Crippen LogP) is 0.271. The smallest absolute Gasteiger partial charge is 0.408 e. The molecule has 1 unspecified atom stereocenters. The molecule has 1 fully saturated rings. The summed E-state index contributed by atoms with van der Waals surface area (Å²) in [4.78, 5) is 34.3. The largest absolute Gasteiger partial charge is 0.445 e. The van der Waals surface area contributed by atoms with Crippen molar-refractivity contribution in [3.63, 3.8) is 0 Å². The van der Waals surface area contributed by atoms with E-state index in [1.54, 1.807) is 0 Å². The van der Waals surface area contributed by atoms with Gasteiger partial charge >= 0.3 is 24.0 Å². The van der Waals surface area contributed by atoms with Gasteiger partial charge in [0.15, 0.2) is 0 Å². The first-order valence-corrected chi connectivity index (χ1v) is 11.2. The quantitative estimate of drug-likeness (QED) is 0.192.